The summed E-state index contributed by atoms with van der Waals surface area (Å²) >= 11 is 0. The monoisotopic (exact) mass is 328 g/mol. The van der Waals surface area contributed by atoms with E-state index in [0.717, 1.165) is 45.8 Å². The zero-order valence-electron chi connectivity index (χ0n) is 13.9. The zero-order valence-corrected chi connectivity index (χ0v) is 13.9. The molecule has 1 unspecified atom stereocenters. The van der Waals surface area contributed by atoms with E-state index in [4.69, 9.17) is 0 Å². The number of hydrogen-bond donors (Lipinski definition) is 1. The molecule has 6 heteroatoms. The van der Waals surface area contributed by atoms with Crippen molar-refractivity contribution in [2.45, 2.75) is 12.5 Å². The first-order chi connectivity index (χ1) is 11.7. The number of carbonyl (C=O) groups is 2. The molecule has 3 aliphatic heterocycles. The molecule has 1 N–H and O–H groups in total. The summed E-state index contributed by atoms with van der Waals surface area (Å²) in [6, 6.07) is 7.73. The van der Waals surface area contributed by atoms with Crippen LogP contribution in [0, 0.1) is 0 Å². The highest BCUT2D eigenvalue weighted by Crippen LogP contribution is 2.23. The van der Waals surface area contributed by atoms with Gasteiger partial charge in [0.2, 0.25) is 0 Å². The van der Waals surface area contributed by atoms with Crippen molar-refractivity contribution in [1.82, 2.24) is 20.0 Å². The maximum Gasteiger partial charge on any atom is 0.261 e. The molecule has 2 amide bonds. The van der Waals surface area contributed by atoms with Gasteiger partial charge in [0, 0.05) is 51.9 Å². The van der Waals surface area contributed by atoms with Gasteiger partial charge in [0.1, 0.15) is 0 Å². The highest BCUT2D eigenvalue weighted by Gasteiger charge is 2.36. The molecule has 2 fully saturated rings. The van der Waals surface area contributed by atoms with Crippen molar-refractivity contribution < 1.29 is 9.59 Å². The lowest BCUT2D eigenvalue weighted by Gasteiger charge is -2.32. The van der Waals surface area contributed by atoms with E-state index in [9.17, 15) is 9.59 Å². The van der Waals surface area contributed by atoms with E-state index in [1.165, 1.54) is 11.3 Å². The number of rotatable bonds is 4. The van der Waals surface area contributed by atoms with Gasteiger partial charge in [-0.1, -0.05) is 12.1 Å². The SMILES string of the molecule is O=C1c2ccccc2C(=O)N1CCN1CCC(N2CCNCC2)C1. The number of piperazine rings is 1. The van der Waals surface area contributed by atoms with E-state index in [1.807, 2.05) is 12.1 Å². The average Bonchev–Trinajstić information content (AvgIpc) is 3.19. The molecular weight excluding hydrogens is 304 g/mol. The van der Waals surface area contributed by atoms with Gasteiger partial charge in [-0.05, 0) is 25.1 Å². The Labute approximate surface area is 142 Å². The molecule has 0 aromatic heterocycles. The summed E-state index contributed by atoms with van der Waals surface area (Å²) in [4.78, 5) is 31.1. The highest BCUT2D eigenvalue weighted by molar-refractivity contribution is 6.21. The third kappa shape index (κ3) is 2.85. The largest absolute Gasteiger partial charge is 0.314 e. The summed E-state index contributed by atoms with van der Waals surface area (Å²) in [6.07, 6.45) is 1.18. The van der Waals surface area contributed by atoms with Crippen LogP contribution in [-0.4, -0.2) is 84.9 Å². The normalized spacial score (nSPS) is 25.5. The van der Waals surface area contributed by atoms with Gasteiger partial charge >= 0.3 is 0 Å². The summed E-state index contributed by atoms with van der Waals surface area (Å²) in [7, 11) is 0. The number of nitrogens with zero attached hydrogens (tertiary/aromatic N) is 3. The van der Waals surface area contributed by atoms with Crippen molar-refractivity contribution in [3.63, 3.8) is 0 Å². The zero-order chi connectivity index (χ0) is 16.5. The number of nitrogens with one attached hydrogen (secondary N) is 1. The first-order valence-corrected chi connectivity index (χ1v) is 8.86. The van der Waals surface area contributed by atoms with Crippen LogP contribution >= 0.6 is 0 Å². The van der Waals surface area contributed by atoms with E-state index in [0.29, 0.717) is 23.7 Å². The molecular formula is C18H24N4O2. The number of likely N-dealkylation sites (tertiary alicyclic amines) is 1. The number of benzene rings is 1. The van der Waals surface area contributed by atoms with Crippen LogP contribution in [0.5, 0.6) is 0 Å². The fourth-order valence-electron chi connectivity index (χ4n) is 4.04. The van der Waals surface area contributed by atoms with E-state index >= 15 is 0 Å². The van der Waals surface area contributed by atoms with Crippen LogP contribution in [0.1, 0.15) is 27.1 Å². The van der Waals surface area contributed by atoms with Crippen LogP contribution in [0.15, 0.2) is 24.3 Å². The third-order valence-electron chi connectivity index (χ3n) is 5.43. The number of fused-ring (bicyclic) bond motifs is 1. The maximum atomic E-state index is 12.4. The second-order valence-corrected chi connectivity index (χ2v) is 6.84. The van der Waals surface area contributed by atoms with Crippen molar-refractivity contribution in [1.29, 1.82) is 0 Å². The Kier molecular flexibility index (Phi) is 4.35. The lowest BCUT2D eigenvalue weighted by Crippen LogP contribution is -2.49. The van der Waals surface area contributed by atoms with Gasteiger partial charge in [-0.25, -0.2) is 0 Å². The van der Waals surface area contributed by atoms with Crippen LogP contribution in [0.4, 0.5) is 0 Å². The number of hydrogen-bond acceptors (Lipinski definition) is 5. The molecule has 3 aliphatic rings. The summed E-state index contributed by atoms with van der Waals surface area (Å²) in [5.41, 5.74) is 1.09. The lowest BCUT2D eigenvalue weighted by atomic mass is 10.1. The minimum Gasteiger partial charge on any atom is -0.314 e. The molecule has 6 nitrogen and oxygen atoms in total. The fraction of sp³-hybridized carbons (Fsp3) is 0.556. The minimum atomic E-state index is -0.145. The Morgan fingerprint density at radius 1 is 0.958 bits per heavy atom. The molecule has 24 heavy (non-hydrogen) atoms. The number of carbonyl (C=O) groups excluding carboxylic acids is 2. The third-order valence-corrected chi connectivity index (χ3v) is 5.43. The summed E-state index contributed by atoms with van der Waals surface area (Å²) in [6.45, 7) is 7.75. The Bertz CT molecular complexity index is 607. The molecule has 2 saturated heterocycles. The number of imide groups is 1. The smallest absolute Gasteiger partial charge is 0.261 e. The van der Waals surface area contributed by atoms with Crippen molar-refractivity contribution in [3.8, 4) is 0 Å². The predicted octanol–water partition coefficient (Wildman–Crippen LogP) is 0.262. The molecule has 0 saturated carbocycles. The molecule has 128 valence electrons. The lowest BCUT2D eigenvalue weighted by molar-refractivity contribution is 0.0639. The first-order valence-electron chi connectivity index (χ1n) is 8.86. The van der Waals surface area contributed by atoms with Gasteiger partial charge in [-0.3, -0.25) is 24.3 Å². The second kappa shape index (κ2) is 6.63. The van der Waals surface area contributed by atoms with E-state index in [-0.39, 0.29) is 11.8 Å². The quantitative estimate of drug-likeness (QED) is 0.804. The van der Waals surface area contributed by atoms with E-state index in [2.05, 4.69) is 15.1 Å². The van der Waals surface area contributed by atoms with Gasteiger partial charge < -0.3 is 5.32 Å². The Balaban J connectivity index is 1.32. The van der Waals surface area contributed by atoms with Crippen LogP contribution in [0.3, 0.4) is 0 Å². The average molecular weight is 328 g/mol. The van der Waals surface area contributed by atoms with Crippen molar-refractivity contribution in [2.24, 2.45) is 0 Å². The van der Waals surface area contributed by atoms with Crippen molar-refractivity contribution in [2.75, 3.05) is 52.4 Å². The Morgan fingerprint density at radius 2 is 1.62 bits per heavy atom. The van der Waals surface area contributed by atoms with Crippen LogP contribution in [0.25, 0.3) is 0 Å². The van der Waals surface area contributed by atoms with Gasteiger partial charge in [0.15, 0.2) is 0 Å². The molecule has 1 aromatic rings. The second-order valence-electron chi connectivity index (χ2n) is 6.84. The van der Waals surface area contributed by atoms with E-state index in [1.54, 1.807) is 12.1 Å². The Morgan fingerprint density at radius 3 is 2.29 bits per heavy atom. The van der Waals surface area contributed by atoms with Crippen LogP contribution in [-0.2, 0) is 0 Å². The predicted molar refractivity (Wildman–Crippen MR) is 91.1 cm³/mol. The van der Waals surface area contributed by atoms with Crippen molar-refractivity contribution in [3.05, 3.63) is 35.4 Å². The fourth-order valence-corrected chi connectivity index (χ4v) is 4.04. The highest BCUT2D eigenvalue weighted by atomic mass is 16.2. The minimum absolute atomic E-state index is 0.145. The molecule has 4 rings (SSSR count). The van der Waals surface area contributed by atoms with Gasteiger partial charge in [0.25, 0.3) is 11.8 Å². The maximum absolute atomic E-state index is 12.4. The van der Waals surface area contributed by atoms with Crippen LogP contribution < -0.4 is 5.32 Å². The van der Waals surface area contributed by atoms with Gasteiger partial charge in [-0.2, -0.15) is 0 Å². The summed E-state index contributed by atoms with van der Waals surface area (Å²) in [5, 5.41) is 3.39. The van der Waals surface area contributed by atoms with Gasteiger partial charge in [-0.15, -0.1) is 0 Å². The molecule has 1 aromatic carbocycles. The standard InChI is InChI=1S/C18H24N4O2/c23-17-15-3-1-2-4-16(15)18(24)22(17)12-11-20-8-5-14(13-20)21-9-6-19-7-10-21/h1-4,14,19H,5-13H2. The number of amides is 2. The Hall–Kier alpha value is -1.76. The van der Waals surface area contributed by atoms with Crippen LogP contribution in [0.2, 0.25) is 0 Å². The molecule has 0 radical (unpaired) electrons. The topological polar surface area (TPSA) is 55.9 Å². The summed E-state index contributed by atoms with van der Waals surface area (Å²) in [5.74, 6) is -0.290. The molecule has 1 atom stereocenters. The first kappa shape index (κ1) is 15.7. The molecule has 0 spiro atoms. The molecule has 0 aliphatic carbocycles. The molecule has 3 heterocycles. The molecule has 0 bridgehead atoms. The summed E-state index contributed by atoms with van der Waals surface area (Å²) < 4.78 is 0. The van der Waals surface area contributed by atoms with Gasteiger partial charge in [0.05, 0.1) is 11.1 Å². The van der Waals surface area contributed by atoms with Crippen molar-refractivity contribution >= 4 is 11.8 Å². The van der Waals surface area contributed by atoms with E-state index < -0.39 is 0 Å².